The van der Waals surface area contributed by atoms with Gasteiger partial charge in [0.25, 0.3) is 0 Å². The van der Waals surface area contributed by atoms with Crippen LogP contribution in [0.3, 0.4) is 0 Å². The van der Waals surface area contributed by atoms with E-state index in [4.69, 9.17) is 23.7 Å². The lowest BCUT2D eigenvalue weighted by Crippen LogP contribution is -2.50. The molecule has 0 heterocycles. The first-order valence-electron chi connectivity index (χ1n) is 6.76. The molecule has 0 bridgehead atoms. The summed E-state index contributed by atoms with van der Waals surface area (Å²) in [6, 6.07) is 0. The molecule has 0 amide bonds. The molecule has 8 heteroatoms. The normalized spacial score (nSPS) is 16.1. The molecule has 4 atom stereocenters. The summed E-state index contributed by atoms with van der Waals surface area (Å²) in [6.07, 6.45) is -3.05. The molecule has 0 spiro atoms. The zero-order chi connectivity index (χ0) is 17.3. The number of hydrogen-bond donors (Lipinski definition) is 0. The minimum absolute atomic E-state index is 0.194. The van der Waals surface area contributed by atoms with Gasteiger partial charge in [0.1, 0.15) is 24.9 Å². The molecule has 0 aromatic rings. The van der Waals surface area contributed by atoms with E-state index >= 15 is 0 Å². The maximum atomic E-state index is 11.2. The molecular weight excluding hydrogens is 296 g/mol. The summed E-state index contributed by atoms with van der Waals surface area (Å²) in [5.41, 5.74) is 0. The van der Waals surface area contributed by atoms with Crippen LogP contribution >= 0.6 is 0 Å². The predicted molar refractivity (Wildman–Crippen MR) is 75.0 cm³/mol. The van der Waals surface area contributed by atoms with Crippen molar-refractivity contribution < 1.29 is 38.1 Å². The highest BCUT2D eigenvalue weighted by Crippen LogP contribution is 2.17. The summed E-state index contributed by atoms with van der Waals surface area (Å²) >= 11 is 0. The fraction of sp³-hybridized carbons (Fsp3) is 0.786. The number of carbonyl (C=O) groups excluding carboxylic acids is 3. The van der Waals surface area contributed by atoms with E-state index in [0.29, 0.717) is 0 Å². The van der Waals surface area contributed by atoms with Crippen molar-refractivity contribution in [2.24, 2.45) is 0 Å². The van der Waals surface area contributed by atoms with Gasteiger partial charge in [-0.15, -0.1) is 0 Å². The number of hydrogen-bond acceptors (Lipinski definition) is 8. The standard InChI is InChI=1S/C14H24O8/c1-8(21-10(3)16)13(18-5)14(19-6)12(22-11(4)17)7-20-9(2)15/h8,12-14H,7H2,1-6H3/t8-,12-,13-,14-/m0/s1. The van der Waals surface area contributed by atoms with Crippen LogP contribution in [0.15, 0.2) is 0 Å². The van der Waals surface area contributed by atoms with Crippen LogP contribution in [0.1, 0.15) is 27.7 Å². The topological polar surface area (TPSA) is 97.4 Å². The van der Waals surface area contributed by atoms with Crippen LogP contribution in [0.25, 0.3) is 0 Å². The third-order valence-electron chi connectivity index (χ3n) is 2.82. The first kappa shape index (κ1) is 20.3. The van der Waals surface area contributed by atoms with E-state index in [2.05, 4.69) is 0 Å². The second-order valence-corrected chi connectivity index (χ2v) is 4.67. The van der Waals surface area contributed by atoms with Crippen LogP contribution in [-0.4, -0.2) is 63.2 Å². The smallest absolute Gasteiger partial charge is 0.303 e. The average molecular weight is 320 g/mol. The van der Waals surface area contributed by atoms with Gasteiger partial charge in [-0.3, -0.25) is 14.4 Å². The zero-order valence-corrected chi connectivity index (χ0v) is 13.8. The molecule has 0 aliphatic rings. The first-order valence-corrected chi connectivity index (χ1v) is 6.76. The molecule has 0 saturated carbocycles. The van der Waals surface area contributed by atoms with Crippen molar-refractivity contribution in [1.82, 2.24) is 0 Å². The monoisotopic (exact) mass is 320 g/mol. The Morgan fingerprint density at radius 1 is 0.818 bits per heavy atom. The highest BCUT2D eigenvalue weighted by atomic mass is 16.6. The second kappa shape index (κ2) is 10.1. The lowest BCUT2D eigenvalue weighted by molar-refractivity contribution is -0.187. The van der Waals surface area contributed by atoms with Gasteiger partial charge in [0.2, 0.25) is 0 Å². The van der Waals surface area contributed by atoms with Crippen LogP contribution in [0, 0.1) is 0 Å². The van der Waals surface area contributed by atoms with Crippen molar-refractivity contribution in [2.45, 2.75) is 52.1 Å². The van der Waals surface area contributed by atoms with E-state index in [1.165, 1.54) is 35.0 Å². The first-order chi connectivity index (χ1) is 10.2. The molecule has 0 aliphatic heterocycles. The number of carbonyl (C=O) groups is 3. The minimum atomic E-state index is -0.894. The summed E-state index contributed by atoms with van der Waals surface area (Å²) in [5.74, 6) is -1.56. The molecule has 0 aromatic heterocycles. The van der Waals surface area contributed by atoms with Crippen molar-refractivity contribution in [3.8, 4) is 0 Å². The van der Waals surface area contributed by atoms with Gasteiger partial charge in [0.15, 0.2) is 6.10 Å². The van der Waals surface area contributed by atoms with Crippen LogP contribution in [-0.2, 0) is 38.1 Å². The largest absolute Gasteiger partial charge is 0.462 e. The molecule has 8 nitrogen and oxygen atoms in total. The summed E-state index contributed by atoms with van der Waals surface area (Å²) < 4.78 is 25.7. The zero-order valence-electron chi connectivity index (χ0n) is 13.8. The number of ether oxygens (including phenoxy) is 5. The van der Waals surface area contributed by atoms with Crippen molar-refractivity contribution in [1.29, 1.82) is 0 Å². The van der Waals surface area contributed by atoms with Gasteiger partial charge < -0.3 is 23.7 Å². The minimum Gasteiger partial charge on any atom is -0.462 e. The van der Waals surface area contributed by atoms with Gasteiger partial charge in [-0.05, 0) is 6.92 Å². The Kier molecular flexibility index (Phi) is 9.35. The molecule has 0 aromatic carbocycles. The van der Waals surface area contributed by atoms with Gasteiger partial charge in [-0.1, -0.05) is 0 Å². The van der Waals surface area contributed by atoms with E-state index in [1.54, 1.807) is 6.92 Å². The third kappa shape index (κ3) is 7.37. The Hall–Kier alpha value is -1.67. The van der Waals surface area contributed by atoms with E-state index in [-0.39, 0.29) is 6.61 Å². The van der Waals surface area contributed by atoms with E-state index in [0.717, 1.165) is 0 Å². The summed E-state index contributed by atoms with van der Waals surface area (Å²) in [7, 11) is 2.80. The van der Waals surface area contributed by atoms with Gasteiger partial charge >= 0.3 is 17.9 Å². The van der Waals surface area contributed by atoms with Crippen LogP contribution in [0.2, 0.25) is 0 Å². The fourth-order valence-corrected chi connectivity index (χ4v) is 2.03. The van der Waals surface area contributed by atoms with Crippen molar-refractivity contribution in [3.05, 3.63) is 0 Å². The molecule has 0 N–H and O–H groups in total. The maximum absolute atomic E-state index is 11.2. The number of methoxy groups -OCH3 is 2. The Labute approximate surface area is 130 Å². The highest BCUT2D eigenvalue weighted by Gasteiger charge is 2.37. The van der Waals surface area contributed by atoms with Crippen LogP contribution in [0.5, 0.6) is 0 Å². The van der Waals surface area contributed by atoms with Crippen LogP contribution < -0.4 is 0 Å². The van der Waals surface area contributed by atoms with Gasteiger partial charge in [-0.25, -0.2) is 0 Å². The number of esters is 3. The molecule has 0 radical (unpaired) electrons. The Balaban J connectivity index is 5.15. The molecule has 0 aliphatic carbocycles. The van der Waals surface area contributed by atoms with E-state index in [1.807, 2.05) is 0 Å². The lowest BCUT2D eigenvalue weighted by Gasteiger charge is -2.33. The van der Waals surface area contributed by atoms with Gasteiger partial charge in [-0.2, -0.15) is 0 Å². The van der Waals surface area contributed by atoms with Gasteiger partial charge in [0, 0.05) is 35.0 Å². The van der Waals surface area contributed by atoms with E-state index in [9.17, 15) is 14.4 Å². The SMILES string of the molecule is CO[C@H]([C@@H](OC)[C@H](COC(C)=O)OC(C)=O)[C@H](C)OC(C)=O. The predicted octanol–water partition coefficient (Wildman–Crippen LogP) is 0.463. The molecule has 128 valence electrons. The molecule has 0 rings (SSSR count). The Bertz CT molecular complexity index is 381. The van der Waals surface area contributed by atoms with Crippen molar-refractivity contribution in [3.63, 3.8) is 0 Å². The van der Waals surface area contributed by atoms with E-state index < -0.39 is 42.3 Å². The summed E-state index contributed by atoms with van der Waals surface area (Å²) in [4.78, 5) is 33.3. The molecule has 0 fully saturated rings. The number of rotatable bonds is 9. The molecule has 0 unspecified atom stereocenters. The summed E-state index contributed by atoms with van der Waals surface area (Å²) in [6.45, 7) is 5.17. The van der Waals surface area contributed by atoms with Crippen molar-refractivity contribution in [2.75, 3.05) is 20.8 Å². The molecule has 0 saturated heterocycles. The Morgan fingerprint density at radius 3 is 1.68 bits per heavy atom. The maximum Gasteiger partial charge on any atom is 0.303 e. The average Bonchev–Trinajstić information content (AvgIpc) is 2.39. The lowest BCUT2D eigenvalue weighted by atomic mass is 10.0. The summed E-state index contributed by atoms with van der Waals surface area (Å²) in [5, 5.41) is 0. The highest BCUT2D eigenvalue weighted by molar-refractivity contribution is 5.67. The van der Waals surface area contributed by atoms with Crippen LogP contribution in [0.4, 0.5) is 0 Å². The fourth-order valence-electron chi connectivity index (χ4n) is 2.03. The third-order valence-corrected chi connectivity index (χ3v) is 2.82. The van der Waals surface area contributed by atoms with Crippen molar-refractivity contribution >= 4 is 17.9 Å². The quantitative estimate of drug-likeness (QED) is 0.446. The van der Waals surface area contributed by atoms with Gasteiger partial charge in [0.05, 0.1) is 0 Å². The Morgan fingerprint density at radius 2 is 1.32 bits per heavy atom. The molecular formula is C14H24O8. The second-order valence-electron chi connectivity index (χ2n) is 4.67. The molecule has 22 heavy (non-hydrogen) atoms.